The van der Waals surface area contributed by atoms with Crippen LogP contribution in [0.4, 0.5) is 10.1 Å². The Balaban J connectivity index is 2.33. The third-order valence-corrected chi connectivity index (χ3v) is 5.49. The van der Waals surface area contributed by atoms with Crippen molar-refractivity contribution >= 4 is 54.6 Å². The van der Waals surface area contributed by atoms with Gasteiger partial charge in [0, 0.05) is 4.47 Å². The van der Waals surface area contributed by atoms with Crippen molar-refractivity contribution in [1.82, 2.24) is 4.98 Å². The largest absolute Gasteiger partial charge is 0.278 e. The molecule has 0 aliphatic carbocycles. The molecule has 18 heavy (non-hydrogen) atoms. The molecule has 0 aliphatic rings. The Bertz CT molecular complexity index is 690. The van der Waals surface area contributed by atoms with Crippen molar-refractivity contribution < 1.29 is 12.8 Å². The predicted octanol–water partition coefficient (Wildman–Crippen LogP) is 3.50. The summed E-state index contributed by atoms with van der Waals surface area (Å²) in [7, 11) is -3.76. The number of sulfonamides is 1. The van der Waals surface area contributed by atoms with Gasteiger partial charge in [0.1, 0.15) is 5.82 Å². The minimum Gasteiger partial charge on any atom is -0.278 e. The summed E-state index contributed by atoms with van der Waals surface area (Å²) in [4.78, 5) is 3.65. The Hall–Kier alpha value is -0.700. The minimum atomic E-state index is -3.76. The first-order valence-electron chi connectivity index (χ1n) is 4.48. The molecule has 1 heterocycles. The molecular formula is C9H5BrClFN2O2S2. The van der Waals surface area contributed by atoms with E-state index in [0.29, 0.717) is 4.47 Å². The van der Waals surface area contributed by atoms with Crippen molar-refractivity contribution in [1.29, 1.82) is 0 Å². The van der Waals surface area contributed by atoms with Crippen molar-refractivity contribution in [3.63, 3.8) is 0 Å². The van der Waals surface area contributed by atoms with Crippen molar-refractivity contribution in [2.45, 2.75) is 4.21 Å². The van der Waals surface area contributed by atoms with E-state index in [-0.39, 0.29) is 14.4 Å². The van der Waals surface area contributed by atoms with Crippen LogP contribution in [0.5, 0.6) is 0 Å². The van der Waals surface area contributed by atoms with Crippen molar-refractivity contribution in [3.05, 3.63) is 39.2 Å². The van der Waals surface area contributed by atoms with E-state index in [0.717, 1.165) is 29.7 Å². The molecule has 0 amide bonds. The van der Waals surface area contributed by atoms with E-state index in [1.54, 1.807) is 0 Å². The van der Waals surface area contributed by atoms with Crippen molar-refractivity contribution in [2.75, 3.05) is 4.72 Å². The zero-order chi connectivity index (χ0) is 13.3. The van der Waals surface area contributed by atoms with Gasteiger partial charge in [-0.25, -0.2) is 17.8 Å². The lowest BCUT2D eigenvalue weighted by Crippen LogP contribution is -2.11. The van der Waals surface area contributed by atoms with Gasteiger partial charge in [-0.1, -0.05) is 22.9 Å². The first-order valence-corrected chi connectivity index (χ1v) is 7.95. The Morgan fingerprint density at radius 1 is 1.44 bits per heavy atom. The average molecular weight is 372 g/mol. The molecule has 0 unspecified atom stereocenters. The monoisotopic (exact) mass is 370 g/mol. The van der Waals surface area contributed by atoms with Crippen LogP contribution in [0.2, 0.25) is 4.47 Å². The highest BCUT2D eigenvalue weighted by molar-refractivity contribution is 9.10. The fourth-order valence-corrected chi connectivity index (χ4v) is 4.08. The van der Waals surface area contributed by atoms with Crippen LogP contribution in [0.1, 0.15) is 0 Å². The topological polar surface area (TPSA) is 59.1 Å². The van der Waals surface area contributed by atoms with Gasteiger partial charge < -0.3 is 0 Å². The molecule has 2 aromatic rings. The maximum atomic E-state index is 12.9. The highest BCUT2D eigenvalue weighted by Crippen LogP contribution is 2.28. The van der Waals surface area contributed by atoms with E-state index in [1.807, 2.05) is 0 Å². The first kappa shape index (κ1) is 13.7. The minimum absolute atomic E-state index is 0.0104. The number of benzene rings is 1. The van der Waals surface area contributed by atoms with Gasteiger partial charge in [-0.3, -0.25) is 4.72 Å². The maximum Gasteiger partial charge on any atom is 0.273 e. The first-order chi connectivity index (χ1) is 8.38. The van der Waals surface area contributed by atoms with E-state index >= 15 is 0 Å². The lowest BCUT2D eigenvalue weighted by Gasteiger charge is -2.07. The van der Waals surface area contributed by atoms with E-state index in [4.69, 9.17) is 11.6 Å². The molecule has 0 saturated carbocycles. The van der Waals surface area contributed by atoms with Crippen LogP contribution in [0.3, 0.4) is 0 Å². The van der Waals surface area contributed by atoms with Crippen LogP contribution in [0.15, 0.2) is 33.1 Å². The number of rotatable bonds is 3. The fourth-order valence-electron chi connectivity index (χ4n) is 1.13. The highest BCUT2D eigenvalue weighted by atomic mass is 79.9. The molecule has 9 heteroatoms. The second-order valence-electron chi connectivity index (χ2n) is 3.16. The van der Waals surface area contributed by atoms with Crippen LogP contribution >= 0.6 is 38.9 Å². The van der Waals surface area contributed by atoms with E-state index in [9.17, 15) is 12.8 Å². The van der Waals surface area contributed by atoms with Crippen LogP contribution < -0.4 is 4.72 Å². The molecule has 1 N–H and O–H groups in total. The normalized spacial score (nSPS) is 11.5. The molecule has 0 radical (unpaired) electrons. The summed E-state index contributed by atoms with van der Waals surface area (Å²) in [6, 6.07) is 3.64. The lowest BCUT2D eigenvalue weighted by atomic mass is 10.3. The van der Waals surface area contributed by atoms with E-state index in [1.165, 1.54) is 6.07 Å². The number of anilines is 1. The fraction of sp³-hybridized carbons (Fsp3) is 0. The zero-order valence-electron chi connectivity index (χ0n) is 8.52. The van der Waals surface area contributed by atoms with Gasteiger partial charge in [0.05, 0.1) is 11.9 Å². The Morgan fingerprint density at radius 3 is 2.72 bits per heavy atom. The molecule has 0 aliphatic heterocycles. The highest BCUT2D eigenvalue weighted by Gasteiger charge is 2.18. The second kappa shape index (κ2) is 5.12. The van der Waals surface area contributed by atoms with Crippen LogP contribution in [-0.4, -0.2) is 13.4 Å². The Kier molecular flexibility index (Phi) is 3.90. The molecule has 0 fully saturated rings. The molecule has 1 aromatic heterocycles. The summed E-state index contributed by atoms with van der Waals surface area (Å²) in [5, 5.41) is 0. The number of halogens is 3. The molecule has 2 rings (SSSR count). The summed E-state index contributed by atoms with van der Waals surface area (Å²) in [6.45, 7) is 0. The molecule has 96 valence electrons. The zero-order valence-corrected chi connectivity index (χ0v) is 12.5. The molecule has 4 nitrogen and oxygen atoms in total. The number of nitrogens with zero attached hydrogens (tertiary/aromatic N) is 1. The standard InChI is InChI=1S/C9H5BrClFN2O2S2/c10-6-3-5(12)1-2-7(6)14-18(15,16)8-4-13-9(11)17-8/h1-4,14H. The van der Waals surface area contributed by atoms with Crippen LogP contribution in [0, 0.1) is 5.82 Å². The smallest absolute Gasteiger partial charge is 0.273 e. The average Bonchev–Trinajstić information content (AvgIpc) is 2.70. The van der Waals surface area contributed by atoms with Crippen LogP contribution in [-0.2, 0) is 10.0 Å². The van der Waals surface area contributed by atoms with Gasteiger partial charge in [0.15, 0.2) is 8.68 Å². The third kappa shape index (κ3) is 3.00. The summed E-state index contributed by atoms with van der Waals surface area (Å²) in [6.07, 6.45) is 1.16. The lowest BCUT2D eigenvalue weighted by molar-refractivity contribution is 0.602. The molecule has 0 saturated heterocycles. The summed E-state index contributed by atoms with van der Waals surface area (Å²) >= 11 is 9.49. The van der Waals surface area contributed by atoms with Gasteiger partial charge in [0.2, 0.25) is 0 Å². The summed E-state index contributed by atoms with van der Waals surface area (Å²) < 4.78 is 39.5. The quantitative estimate of drug-likeness (QED) is 0.898. The molecular weight excluding hydrogens is 367 g/mol. The number of thiazole rings is 1. The van der Waals surface area contributed by atoms with Gasteiger partial charge in [-0.15, -0.1) is 0 Å². The van der Waals surface area contributed by atoms with Gasteiger partial charge in [0.25, 0.3) is 10.0 Å². The number of nitrogens with one attached hydrogen (secondary N) is 1. The predicted molar refractivity (Wildman–Crippen MR) is 72.0 cm³/mol. The summed E-state index contributed by atoms with van der Waals surface area (Å²) in [5.74, 6) is -0.467. The van der Waals surface area contributed by atoms with Crippen LogP contribution in [0.25, 0.3) is 0 Å². The molecule has 0 bridgehead atoms. The van der Waals surface area contributed by atoms with Gasteiger partial charge >= 0.3 is 0 Å². The van der Waals surface area contributed by atoms with E-state index < -0.39 is 15.8 Å². The second-order valence-corrected chi connectivity index (χ2v) is 7.54. The Labute approximate surface area is 120 Å². The molecule has 1 aromatic carbocycles. The van der Waals surface area contributed by atoms with Crippen molar-refractivity contribution in [2.24, 2.45) is 0 Å². The van der Waals surface area contributed by atoms with Gasteiger partial charge in [-0.2, -0.15) is 0 Å². The van der Waals surface area contributed by atoms with Crippen molar-refractivity contribution in [3.8, 4) is 0 Å². The number of aromatic nitrogens is 1. The SMILES string of the molecule is O=S(=O)(Nc1ccc(F)cc1Br)c1cnc(Cl)s1. The number of hydrogen-bond acceptors (Lipinski definition) is 4. The number of hydrogen-bond donors (Lipinski definition) is 1. The summed E-state index contributed by atoms with van der Waals surface area (Å²) in [5.41, 5.74) is 0.237. The van der Waals surface area contributed by atoms with E-state index in [2.05, 4.69) is 25.6 Å². The third-order valence-electron chi connectivity index (χ3n) is 1.90. The molecule has 0 atom stereocenters. The van der Waals surface area contributed by atoms with Gasteiger partial charge in [-0.05, 0) is 34.1 Å². The maximum absolute atomic E-state index is 12.9. The molecule has 0 spiro atoms. The Morgan fingerprint density at radius 2 is 2.17 bits per heavy atom.